The van der Waals surface area contributed by atoms with Crippen LogP contribution in [-0.4, -0.2) is 41.5 Å². The molecule has 0 amide bonds. The third kappa shape index (κ3) is 3.22. The van der Waals surface area contributed by atoms with E-state index in [-0.39, 0.29) is 28.1 Å². The van der Waals surface area contributed by atoms with Gasteiger partial charge in [-0.3, -0.25) is 0 Å². The highest BCUT2D eigenvalue weighted by Gasteiger charge is 2.24. The van der Waals surface area contributed by atoms with Crippen molar-refractivity contribution in [2.45, 2.75) is 5.16 Å². The van der Waals surface area contributed by atoms with E-state index in [0.29, 0.717) is 11.4 Å². The van der Waals surface area contributed by atoms with Crippen LogP contribution in [0.4, 0.5) is 14.6 Å². The lowest BCUT2D eigenvalue weighted by Crippen LogP contribution is -2.06. The molecule has 0 aliphatic carbocycles. The summed E-state index contributed by atoms with van der Waals surface area (Å²) < 4.78 is 58.9. The Hall–Kier alpha value is -3.60. The molecule has 2 N–H and O–H groups in total. The number of nitrogens with two attached hydrogens (primary N) is 1. The van der Waals surface area contributed by atoms with Crippen molar-refractivity contribution in [3.63, 3.8) is 0 Å². The van der Waals surface area contributed by atoms with Crippen molar-refractivity contribution in [3.05, 3.63) is 54.1 Å². The number of hydrogen-bond acceptors (Lipinski definition) is 7. The molecule has 4 rings (SSSR count). The van der Waals surface area contributed by atoms with Crippen LogP contribution >= 0.6 is 0 Å². The molecule has 2 heterocycles. The van der Waals surface area contributed by atoms with Crippen molar-refractivity contribution >= 4 is 26.7 Å². The SMILES string of the molecule is COc1ccc(-n2nc3nc(S(C)(=O)=O)nc(-c4cccc(F)c4F)c3c2N)cc1. The average Bonchev–Trinajstić information content (AvgIpc) is 3.05. The van der Waals surface area contributed by atoms with Gasteiger partial charge in [-0.2, -0.15) is 4.98 Å². The van der Waals surface area contributed by atoms with Gasteiger partial charge in [0.05, 0.1) is 23.9 Å². The van der Waals surface area contributed by atoms with Gasteiger partial charge in [-0.15, -0.1) is 5.10 Å². The first-order valence-electron chi connectivity index (χ1n) is 8.56. The van der Waals surface area contributed by atoms with E-state index in [1.54, 1.807) is 24.3 Å². The fraction of sp³-hybridized carbons (Fsp3) is 0.105. The predicted octanol–water partition coefficient (Wildman–Crippen LogP) is 2.75. The maximum absolute atomic E-state index is 14.5. The molecular weight excluding hydrogens is 416 g/mol. The second-order valence-corrected chi connectivity index (χ2v) is 8.33. The molecule has 30 heavy (non-hydrogen) atoms. The number of fused-ring (bicyclic) bond motifs is 1. The van der Waals surface area contributed by atoms with E-state index in [2.05, 4.69) is 15.1 Å². The number of nitrogens with zero attached hydrogens (tertiary/aromatic N) is 4. The highest BCUT2D eigenvalue weighted by Crippen LogP contribution is 2.34. The van der Waals surface area contributed by atoms with Gasteiger partial charge >= 0.3 is 0 Å². The van der Waals surface area contributed by atoms with Crippen LogP contribution in [0.1, 0.15) is 0 Å². The molecule has 2 aromatic carbocycles. The van der Waals surface area contributed by atoms with Gasteiger partial charge in [0.15, 0.2) is 17.3 Å². The molecule has 4 aromatic rings. The minimum atomic E-state index is -3.87. The molecule has 0 bridgehead atoms. The smallest absolute Gasteiger partial charge is 0.249 e. The molecule has 0 unspecified atom stereocenters. The van der Waals surface area contributed by atoms with E-state index in [1.807, 2.05) is 0 Å². The van der Waals surface area contributed by atoms with E-state index in [4.69, 9.17) is 10.5 Å². The number of halogens is 2. The Morgan fingerprint density at radius 1 is 1.07 bits per heavy atom. The lowest BCUT2D eigenvalue weighted by atomic mass is 10.1. The monoisotopic (exact) mass is 431 g/mol. The van der Waals surface area contributed by atoms with Crippen LogP contribution in [0.5, 0.6) is 5.75 Å². The van der Waals surface area contributed by atoms with Crippen molar-refractivity contribution in [2.75, 3.05) is 19.1 Å². The Morgan fingerprint density at radius 2 is 1.77 bits per heavy atom. The summed E-state index contributed by atoms with van der Waals surface area (Å²) in [6.45, 7) is 0. The summed E-state index contributed by atoms with van der Waals surface area (Å²) in [5.41, 5.74) is 6.28. The van der Waals surface area contributed by atoms with E-state index in [0.717, 1.165) is 12.3 Å². The Balaban J connectivity index is 2.06. The lowest BCUT2D eigenvalue weighted by Gasteiger charge is -2.08. The van der Waals surface area contributed by atoms with Crippen molar-refractivity contribution in [1.29, 1.82) is 0 Å². The number of ether oxygens (including phenoxy) is 1. The van der Waals surface area contributed by atoms with Gasteiger partial charge in [-0.1, -0.05) is 6.07 Å². The van der Waals surface area contributed by atoms with Crippen LogP contribution in [0, 0.1) is 11.6 Å². The summed E-state index contributed by atoms with van der Waals surface area (Å²) in [5, 5.41) is 3.79. The van der Waals surface area contributed by atoms with Gasteiger partial charge in [-0.05, 0) is 36.4 Å². The summed E-state index contributed by atoms with van der Waals surface area (Å²) >= 11 is 0. The highest BCUT2D eigenvalue weighted by molar-refractivity contribution is 7.90. The number of hydrogen-bond donors (Lipinski definition) is 1. The van der Waals surface area contributed by atoms with Gasteiger partial charge < -0.3 is 10.5 Å². The van der Waals surface area contributed by atoms with Gasteiger partial charge in [0.25, 0.3) is 0 Å². The predicted molar refractivity (Wildman–Crippen MR) is 106 cm³/mol. The number of anilines is 1. The quantitative estimate of drug-likeness (QED) is 0.494. The summed E-state index contributed by atoms with van der Waals surface area (Å²) in [6.07, 6.45) is 0.906. The standard InChI is InChI=1S/C19H15F2N5O3S/c1-29-11-8-6-10(7-9-11)26-17(22)14-16(12-4-3-5-13(20)15(12)21)23-19(30(2,27)28)24-18(14)25-26/h3-9H,22H2,1-2H3. The first-order chi connectivity index (χ1) is 14.2. The molecule has 0 aliphatic heterocycles. The lowest BCUT2D eigenvalue weighted by molar-refractivity contribution is 0.414. The van der Waals surface area contributed by atoms with E-state index >= 15 is 0 Å². The van der Waals surface area contributed by atoms with Crippen LogP contribution in [0.15, 0.2) is 47.6 Å². The average molecular weight is 431 g/mol. The largest absolute Gasteiger partial charge is 0.497 e. The first kappa shape index (κ1) is 19.7. The van der Waals surface area contributed by atoms with Crippen molar-refractivity contribution in [2.24, 2.45) is 0 Å². The van der Waals surface area contributed by atoms with Gasteiger partial charge in [0, 0.05) is 11.8 Å². The zero-order chi connectivity index (χ0) is 21.6. The second-order valence-electron chi connectivity index (χ2n) is 6.42. The van der Waals surface area contributed by atoms with E-state index in [1.165, 1.54) is 23.9 Å². The van der Waals surface area contributed by atoms with Crippen LogP contribution < -0.4 is 10.5 Å². The Bertz CT molecular complexity index is 1390. The van der Waals surface area contributed by atoms with Crippen LogP contribution in [0.2, 0.25) is 0 Å². The van der Waals surface area contributed by atoms with Crippen molar-refractivity contribution in [3.8, 4) is 22.7 Å². The molecule has 0 spiro atoms. The van der Waals surface area contributed by atoms with Crippen LogP contribution in [0.25, 0.3) is 28.0 Å². The minimum Gasteiger partial charge on any atom is -0.497 e. The second kappa shape index (κ2) is 7.02. The van der Waals surface area contributed by atoms with Crippen molar-refractivity contribution < 1.29 is 21.9 Å². The van der Waals surface area contributed by atoms with Crippen LogP contribution in [0.3, 0.4) is 0 Å². The molecule has 0 saturated heterocycles. The molecule has 2 aromatic heterocycles. The maximum Gasteiger partial charge on any atom is 0.249 e. The molecule has 154 valence electrons. The first-order valence-corrected chi connectivity index (χ1v) is 10.4. The summed E-state index contributed by atoms with van der Waals surface area (Å²) in [5.74, 6) is -1.65. The molecule has 0 aliphatic rings. The summed E-state index contributed by atoms with van der Waals surface area (Å²) in [4.78, 5) is 7.95. The summed E-state index contributed by atoms with van der Waals surface area (Å²) in [7, 11) is -2.35. The van der Waals surface area contributed by atoms with Gasteiger partial charge in [0.2, 0.25) is 15.0 Å². The normalized spacial score (nSPS) is 11.7. The molecular formula is C19H15F2N5O3S. The fourth-order valence-corrected chi connectivity index (χ4v) is 3.47. The van der Waals surface area contributed by atoms with Gasteiger partial charge in [0.1, 0.15) is 11.6 Å². The Labute approximate surface area is 169 Å². The minimum absolute atomic E-state index is 0.0360. The van der Waals surface area contributed by atoms with Crippen molar-refractivity contribution in [1.82, 2.24) is 19.7 Å². The third-order valence-corrected chi connectivity index (χ3v) is 5.25. The van der Waals surface area contributed by atoms with Gasteiger partial charge in [-0.25, -0.2) is 26.9 Å². The topological polar surface area (TPSA) is 113 Å². The Morgan fingerprint density at radius 3 is 2.40 bits per heavy atom. The zero-order valence-electron chi connectivity index (χ0n) is 15.8. The molecule has 0 fully saturated rings. The molecule has 8 nitrogen and oxygen atoms in total. The third-order valence-electron chi connectivity index (χ3n) is 4.40. The van der Waals surface area contributed by atoms with E-state index < -0.39 is 26.6 Å². The summed E-state index contributed by atoms with van der Waals surface area (Å²) in [6, 6.07) is 10.2. The number of methoxy groups -OCH3 is 1. The number of nitrogen functional groups attached to an aromatic ring is 1. The maximum atomic E-state index is 14.5. The molecule has 0 atom stereocenters. The molecule has 0 saturated carbocycles. The number of aromatic nitrogens is 4. The fourth-order valence-electron chi connectivity index (χ4n) is 2.96. The van der Waals surface area contributed by atoms with Crippen LogP contribution in [-0.2, 0) is 9.84 Å². The molecule has 11 heteroatoms. The zero-order valence-corrected chi connectivity index (χ0v) is 16.6. The number of benzene rings is 2. The molecule has 0 radical (unpaired) electrons. The van der Waals surface area contributed by atoms with E-state index in [9.17, 15) is 17.2 Å². The highest BCUT2D eigenvalue weighted by atomic mass is 32.2. The Kier molecular flexibility index (Phi) is 4.61. The number of sulfone groups is 1. The number of rotatable bonds is 4.